The van der Waals surface area contributed by atoms with Crippen LogP contribution in [0.4, 0.5) is 0 Å². The summed E-state index contributed by atoms with van der Waals surface area (Å²) in [5.41, 5.74) is 9.64. The lowest BCUT2D eigenvalue weighted by atomic mass is 9.87. The second-order valence-electron chi connectivity index (χ2n) is 6.07. The highest BCUT2D eigenvalue weighted by molar-refractivity contribution is 5.13. The number of hydrazine groups is 1. The van der Waals surface area contributed by atoms with Gasteiger partial charge in [0, 0.05) is 5.54 Å². The summed E-state index contributed by atoms with van der Waals surface area (Å²) in [5.74, 6) is 0.831. The summed E-state index contributed by atoms with van der Waals surface area (Å²) in [6.45, 7) is 13.1. The molecule has 0 aromatic carbocycles. The van der Waals surface area contributed by atoms with Crippen molar-refractivity contribution in [3.05, 3.63) is 11.9 Å². The molecule has 0 fully saturated rings. The fraction of sp³-hybridized carbons (Fsp3) is 0.818. The first kappa shape index (κ1) is 11.4. The maximum atomic E-state index is 5.98. The van der Waals surface area contributed by atoms with Crippen LogP contribution in [0.5, 0.6) is 0 Å². The van der Waals surface area contributed by atoms with Crippen LogP contribution in [0, 0.1) is 5.41 Å². The zero-order valence-electron chi connectivity index (χ0n) is 10.2. The Hall–Kier alpha value is -0.700. The largest absolute Gasteiger partial charge is 0.385 e. The van der Waals surface area contributed by atoms with Crippen molar-refractivity contribution in [2.75, 3.05) is 0 Å². The van der Waals surface area contributed by atoms with E-state index in [-0.39, 0.29) is 11.0 Å². The Balaban J connectivity index is 2.80. The van der Waals surface area contributed by atoms with Crippen molar-refractivity contribution in [1.82, 2.24) is 10.4 Å². The summed E-state index contributed by atoms with van der Waals surface area (Å²) >= 11 is 0. The van der Waals surface area contributed by atoms with Gasteiger partial charge in [0.2, 0.25) is 0 Å². The van der Waals surface area contributed by atoms with Crippen molar-refractivity contribution < 1.29 is 0 Å². The van der Waals surface area contributed by atoms with E-state index in [1.807, 2.05) is 5.01 Å². The second kappa shape index (κ2) is 3.16. The first-order chi connectivity index (χ1) is 6.12. The van der Waals surface area contributed by atoms with Crippen LogP contribution in [-0.2, 0) is 0 Å². The first-order valence-corrected chi connectivity index (χ1v) is 5.16. The van der Waals surface area contributed by atoms with Crippen LogP contribution < -0.4 is 11.2 Å². The van der Waals surface area contributed by atoms with Crippen molar-refractivity contribution in [3.8, 4) is 0 Å². The van der Waals surface area contributed by atoms with Crippen LogP contribution in [0.2, 0.25) is 0 Å². The highest BCUT2D eigenvalue weighted by atomic mass is 15.6. The summed E-state index contributed by atoms with van der Waals surface area (Å²) in [5, 5.41) is 2.04. The SMILES string of the molecule is CC(C)(C)C1C=C(N)N(C(C)(C)C)N1. The van der Waals surface area contributed by atoms with E-state index in [1.54, 1.807) is 0 Å². The molecule has 0 aromatic rings. The molecular formula is C11H23N3. The third-order valence-corrected chi connectivity index (χ3v) is 2.47. The Morgan fingerprint density at radius 1 is 1.21 bits per heavy atom. The van der Waals surface area contributed by atoms with E-state index in [0.717, 1.165) is 5.82 Å². The summed E-state index contributed by atoms with van der Waals surface area (Å²) in [6, 6.07) is 0.321. The van der Waals surface area contributed by atoms with Crippen molar-refractivity contribution >= 4 is 0 Å². The van der Waals surface area contributed by atoms with Crippen LogP contribution in [0.25, 0.3) is 0 Å². The van der Waals surface area contributed by atoms with Gasteiger partial charge in [0.25, 0.3) is 0 Å². The molecule has 1 heterocycles. The van der Waals surface area contributed by atoms with Crippen LogP contribution in [0.15, 0.2) is 11.9 Å². The minimum absolute atomic E-state index is 0.0284. The van der Waals surface area contributed by atoms with E-state index >= 15 is 0 Å². The Kier molecular flexibility index (Phi) is 2.57. The van der Waals surface area contributed by atoms with E-state index < -0.39 is 0 Å². The maximum absolute atomic E-state index is 5.98. The van der Waals surface area contributed by atoms with Gasteiger partial charge in [0.05, 0.1) is 6.04 Å². The fourth-order valence-corrected chi connectivity index (χ4v) is 1.52. The van der Waals surface area contributed by atoms with Crippen molar-refractivity contribution in [2.24, 2.45) is 11.1 Å². The van der Waals surface area contributed by atoms with Gasteiger partial charge in [-0.1, -0.05) is 20.8 Å². The third kappa shape index (κ3) is 2.21. The Bertz CT molecular complexity index is 242. The summed E-state index contributed by atoms with van der Waals surface area (Å²) < 4.78 is 0. The zero-order valence-corrected chi connectivity index (χ0v) is 10.2. The summed E-state index contributed by atoms with van der Waals surface area (Å²) in [4.78, 5) is 0. The molecule has 1 aliphatic heterocycles. The molecule has 0 saturated heterocycles. The molecule has 0 amide bonds. The average Bonchev–Trinajstić information content (AvgIpc) is 2.27. The molecule has 1 aliphatic rings. The molecule has 3 nitrogen and oxygen atoms in total. The fourth-order valence-electron chi connectivity index (χ4n) is 1.52. The van der Waals surface area contributed by atoms with E-state index in [9.17, 15) is 0 Å². The Labute approximate surface area is 87.3 Å². The van der Waals surface area contributed by atoms with Gasteiger partial charge in [-0.25, -0.2) is 5.43 Å². The van der Waals surface area contributed by atoms with Crippen LogP contribution in [-0.4, -0.2) is 16.6 Å². The Morgan fingerprint density at radius 2 is 1.71 bits per heavy atom. The number of hydrogen-bond acceptors (Lipinski definition) is 3. The zero-order chi connectivity index (χ0) is 11.1. The molecule has 0 aromatic heterocycles. The van der Waals surface area contributed by atoms with Gasteiger partial charge in [0.15, 0.2) is 0 Å². The molecule has 0 radical (unpaired) electrons. The number of nitrogens with one attached hydrogen (secondary N) is 1. The average molecular weight is 197 g/mol. The number of rotatable bonds is 0. The minimum Gasteiger partial charge on any atom is -0.385 e. The molecule has 1 rings (SSSR count). The summed E-state index contributed by atoms with van der Waals surface area (Å²) in [7, 11) is 0. The molecule has 0 saturated carbocycles. The lowest BCUT2D eigenvalue weighted by Crippen LogP contribution is -2.52. The van der Waals surface area contributed by atoms with Crippen LogP contribution in [0.3, 0.4) is 0 Å². The van der Waals surface area contributed by atoms with Crippen LogP contribution >= 0.6 is 0 Å². The molecule has 0 spiro atoms. The van der Waals surface area contributed by atoms with Crippen molar-refractivity contribution in [3.63, 3.8) is 0 Å². The van der Waals surface area contributed by atoms with Gasteiger partial charge < -0.3 is 5.73 Å². The van der Waals surface area contributed by atoms with Crippen molar-refractivity contribution in [1.29, 1.82) is 0 Å². The predicted molar refractivity (Wildman–Crippen MR) is 60.2 cm³/mol. The second-order valence-corrected chi connectivity index (χ2v) is 6.07. The van der Waals surface area contributed by atoms with Gasteiger partial charge in [-0.3, -0.25) is 5.01 Å². The van der Waals surface area contributed by atoms with E-state index in [0.29, 0.717) is 6.04 Å². The van der Waals surface area contributed by atoms with E-state index in [1.165, 1.54) is 0 Å². The topological polar surface area (TPSA) is 41.3 Å². The van der Waals surface area contributed by atoms with Gasteiger partial charge in [0.1, 0.15) is 5.82 Å². The quantitative estimate of drug-likeness (QED) is 0.622. The normalized spacial score (nSPS) is 24.0. The van der Waals surface area contributed by atoms with E-state index in [4.69, 9.17) is 5.73 Å². The standard InChI is InChI=1S/C11H23N3/c1-10(2,3)8-7-9(12)14(13-8)11(4,5)6/h7-8,13H,12H2,1-6H3. The van der Waals surface area contributed by atoms with Gasteiger partial charge in [-0.15, -0.1) is 0 Å². The summed E-state index contributed by atoms with van der Waals surface area (Å²) in [6.07, 6.45) is 2.10. The number of nitrogens with two attached hydrogens (primary N) is 1. The molecule has 3 heteroatoms. The third-order valence-electron chi connectivity index (χ3n) is 2.47. The lowest BCUT2D eigenvalue weighted by Gasteiger charge is -2.37. The number of nitrogens with zero attached hydrogens (tertiary/aromatic N) is 1. The monoisotopic (exact) mass is 197 g/mol. The van der Waals surface area contributed by atoms with Gasteiger partial charge >= 0.3 is 0 Å². The molecular weight excluding hydrogens is 174 g/mol. The van der Waals surface area contributed by atoms with Crippen molar-refractivity contribution in [2.45, 2.75) is 53.1 Å². The molecule has 82 valence electrons. The van der Waals surface area contributed by atoms with Crippen LogP contribution in [0.1, 0.15) is 41.5 Å². The molecule has 14 heavy (non-hydrogen) atoms. The molecule has 0 bridgehead atoms. The maximum Gasteiger partial charge on any atom is 0.111 e. The van der Waals surface area contributed by atoms with Gasteiger partial charge in [-0.05, 0) is 32.3 Å². The lowest BCUT2D eigenvalue weighted by molar-refractivity contribution is 0.0997. The molecule has 3 N–H and O–H groups in total. The van der Waals surface area contributed by atoms with Gasteiger partial charge in [-0.2, -0.15) is 0 Å². The Morgan fingerprint density at radius 3 is 1.93 bits per heavy atom. The minimum atomic E-state index is 0.0284. The number of hydrogen-bond donors (Lipinski definition) is 2. The smallest absolute Gasteiger partial charge is 0.111 e. The molecule has 1 atom stereocenters. The first-order valence-electron chi connectivity index (χ1n) is 5.16. The molecule has 0 aliphatic carbocycles. The highest BCUT2D eigenvalue weighted by Crippen LogP contribution is 2.28. The molecule has 1 unspecified atom stereocenters. The predicted octanol–water partition coefficient (Wildman–Crippen LogP) is 1.82. The van der Waals surface area contributed by atoms with E-state index in [2.05, 4.69) is 53.0 Å². The highest BCUT2D eigenvalue weighted by Gasteiger charge is 2.34.